The summed E-state index contributed by atoms with van der Waals surface area (Å²) in [6.45, 7) is 4.19. The lowest BCUT2D eigenvalue weighted by atomic mass is 10.3. The Labute approximate surface area is 262 Å². The molecule has 7 N–H and O–H groups in total. The standard InChI is InChI=1S/C16H20N5O5P.C9H14N5O4P/c1-11(7-21-9-20-14-15(17)18-8-19-16(14)21)25-10-27(22,23)26-13-5-3-12(24-2)4-6-13;1-6(18-5-19(15,16)17)2-14-4-13-7-8(10)11-3-12-9(7)14/h3-6,8-9,11H,7,10H2,1-2H3,(H,22,23)(H2,17,18,19);3-4,6H,2,5H2,1H3,(H2,10,11,12)(H2,15,16,17)/t11-;6-/m11/s1. The number of nitrogens with zero attached hydrogens (tertiary/aromatic N) is 8. The summed E-state index contributed by atoms with van der Waals surface area (Å²) in [4.78, 5) is 51.6. The molecule has 0 spiro atoms. The van der Waals surface area contributed by atoms with E-state index in [1.54, 1.807) is 53.6 Å². The number of ether oxygens (including phenoxy) is 3. The summed E-state index contributed by atoms with van der Waals surface area (Å²) in [5.41, 5.74) is 13.5. The Morgan fingerprint density at radius 1 is 0.739 bits per heavy atom. The van der Waals surface area contributed by atoms with Crippen LogP contribution in [0.4, 0.5) is 11.6 Å². The van der Waals surface area contributed by atoms with E-state index in [4.69, 9.17) is 40.0 Å². The number of rotatable bonds is 13. The zero-order chi connectivity index (χ0) is 33.5. The third kappa shape index (κ3) is 9.64. The molecule has 248 valence electrons. The van der Waals surface area contributed by atoms with Crippen LogP contribution in [0.5, 0.6) is 11.5 Å². The van der Waals surface area contributed by atoms with Crippen molar-refractivity contribution in [1.82, 2.24) is 39.0 Å². The number of methoxy groups -OCH3 is 1. The van der Waals surface area contributed by atoms with Crippen molar-refractivity contribution in [2.24, 2.45) is 0 Å². The van der Waals surface area contributed by atoms with E-state index in [1.165, 1.54) is 26.1 Å². The van der Waals surface area contributed by atoms with Gasteiger partial charge < -0.3 is 54.0 Å². The summed E-state index contributed by atoms with van der Waals surface area (Å²) in [6.07, 6.45) is 3.93. The van der Waals surface area contributed by atoms with E-state index in [9.17, 15) is 14.0 Å². The van der Waals surface area contributed by atoms with Gasteiger partial charge in [-0.05, 0) is 38.1 Å². The summed E-state index contributed by atoms with van der Waals surface area (Å²) in [5.74, 6) is 1.45. The predicted molar refractivity (Wildman–Crippen MR) is 166 cm³/mol. The number of anilines is 2. The van der Waals surface area contributed by atoms with Crippen molar-refractivity contribution in [2.75, 3.05) is 31.3 Å². The first-order valence-electron chi connectivity index (χ1n) is 13.5. The molecule has 0 aliphatic rings. The molecule has 0 bridgehead atoms. The van der Waals surface area contributed by atoms with Gasteiger partial charge in [-0.2, -0.15) is 0 Å². The van der Waals surface area contributed by atoms with Gasteiger partial charge in [-0.25, -0.2) is 34.5 Å². The molecule has 5 rings (SSSR count). The molecule has 0 radical (unpaired) electrons. The molecule has 4 aromatic heterocycles. The maximum Gasteiger partial charge on any atom is 0.402 e. The van der Waals surface area contributed by atoms with E-state index < -0.39 is 40.1 Å². The minimum atomic E-state index is -4.16. The number of benzene rings is 1. The van der Waals surface area contributed by atoms with Gasteiger partial charge in [-0.3, -0.25) is 4.57 Å². The molecular weight excluding hydrogens is 646 g/mol. The van der Waals surface area contributed by atoms with Gasteiger partial charge in [0.15, 0.2) is 29.3 Å². The first kappa shape index (κ1) is 34.6. The molecular formula is C25H34N10O9P2. The molecule has 0 saturated heterocycles. The quantitative estimate of drug-likeness (QED) is 0.111. The summed E-state index contributed by atoms with van der Waals surface area (Å²) in [7, 11) is -6.60. The van der Waals surface area contributed by atoms with Crippen molar-refractivity contribution < 1.29 is 42.5 Å². The lowest BCUT2D eigenvalue weighted by Gasteiger charge is -2.18. The average Bonchev–Trinajstić information content (AvgIpc) is 3.61. The van der Waals surface area contributed by atoms with Crippen LogP contribution in [-0.2, 0) is 31.7 Å². The van der Waals surface area contributed by atoms with Crippen molar-refractivity contribution >= 4 is 49.2 Å². The highest BCUT2D eigenvalue weighted by molar-refractivity contribution is 7.53. The second-order valence-corrected chi connectivity index (χ2v) is 13.2. The number of fused-ring (bicyclic) bond motifs is 2. The topological polar surface area (TPSA) is 271 Å². The van der Waals surface area contributed by atoms with Gasteiger partial charge in [0.2, 0.25) is 0 Å². The van der Waals surface area contributed by atoms with Gasteiger partial charge in [0.25, 0.3) is 0 Å². The molecule has 0 amide bonds. The maximum absolute atomic E-state index is 12.2. The monoisotopic (exact) mass is 680 g/mol. The van der Waals surface area contributed by atoms with Crippen molar-refractivity contribution in [3.05, 3.63) is 49.6 Å². The molecule has 1 aromatic carbocycles. The molecule has 3 atom stereocenters. The molecule has 4 heterocycles. The number of aromatic nitrogens is 8. The van der Waals surface area contributed by atoms with Crippen LogP contribution in [0.25, 0.3) is 22.3 Å². The Morgan fingerprint density at radius 3 is 1.65 bits per heavy atom. The molecule has 0 saturated carbocycles. The molecule has 0 fully saturated rings. The Morgan fingerprint density at radius 2 is 1.20 bits per heavy atom. The second-order valence-electron chi connectivity index (χ2n) is 9.94. The second kappa shape index (κ2) is 14.9. The highest BCUT2D eigenvalue weighted by atomic mass is 31.2. The minimum absolute atomic E-state index is 0.255. The van der Waals surface area contributed by atoms with Crippen LogP contribution in [0.15, 0.2) is 49.6 Å². The van der Waals surface area contributed by atoms with Gasteiger partial charge in [0.05, 0.1) is 45.1 Å². The summed E-state index contributed by atoms with van der Waals surface area (Å²) < 4.78 is 47.1. The van der Waals surface area contributed by atoms with Crippen LogP contribution in [0, 0.1) is 0 Å². The third-order valence-corrected chi connectivity index (χ3v) is 7.58. The van der Waals surface area contributed by atoms with E-state index in [2.05, 4.69) is 29.9 Å². The number of nitrogen functional groups attached to an aromatic ring is 2. The van der Waals surface area contributed by atoms with E-state index in [0.29, 0.717) is 47.0 Å². The lowest BCUT2D eigenvalue weighted by molar-refractivity contribution is 0.0764. The van der Waals surface area contributed by atoms with Crippen molar-refractivity contribution in [2.45, 2.75) is 39.1 Å². The Hall–Kier alpha value is -4.22. The number of hydrogen-bond donors (Lipinski definition) is 5. The van der Waals surface area contributed by atoms with Crippen LogP contribution < -0.4 is 20.7 Å². The fraction of sp³-hybridized carbons (Fsp3) is 0.360. The fourth-order valence-electron chi connectivity index (χ4n) is 4.00. The van der Waals surface area contributed by atoms with Gasteiger partial charge in [-0.1, -0.05) is 0 Å². The smallest absolute Gasteiger partial charge is 0.402 e. The van der Waals surface area contributed by atoms with Gasteiger partial charge in [0.1, 0.15) is 41.5 Å². The first-order valence-corrected chi connectivity index (χ1v) is 17.1. The van der Waals surface area contributed by atoms with Crippen LogP contribution in [0.1, 0.15) is 13.8 Å². The fourth-order valence-corrected chi connectivity index (χ4v) is 5.39. The molecule has 21 heteroatoms. The predicted octanol–water partition coefficient (Wildman–Crippen LogP) is 1.99. The first-order chi connectivity index (χ1) is 21.7. The summed E-state index contributed by atoms with van der Waals surface area (Å²) in [6, 6.07) is 6.37. The van der Waals surface area contributed by atoms with Crippen LogP contribution >= 0.6 is 15.2 Å². The molecule has 0 aliphatic carbocycles. The van der Waals surface area contributed by atoms with E-state index >= 15 is 0 Å². The van der Waals surface area contributed by atoms with Crippen molar-refractivity contribution in [1.29, 1.82) is 0 Å². The Bertz CT molecular complexity index is 1850. The SMILES string of the molecule is COc1ccc(OP(=O)(O)CO[C@H](C)Cn2cnc3c(N)ncnc32)cc1.C[C@H](Cn1cnc2c(N)ncnc21)OCP(=O)(O)O. The van der Waals surface area contributed by atoms with E-state index in [1.807, 2.05) is 0 Å². The molecule has 0 aliphatic heterocycles. The van der Waals surface area contributed by atoms with Crippen molar-refractivity contribution in [3.63, 3.8) is 0 Å². The number of nitrogens with two attached hydrogens (primary N) is 2. The average molecular weight is 681 g/mol. The molecule has 5 aromatic rings. The Kier molecular flexibility index (Phi) is 11.2. The molecule has 46 heavy (non-hydrogen) atoms. The highest BCUT2D eigenvalue weighted by Crippen LogP contribution is 2.43. The Balaban J connectivity index is 0.000000222. The minimum Gasteiger partial charge on any atom is -0.497 e. The van der Waals surface area contributed by atoms with E-state index in [0.717, 1.165) is 0 Å². The zero-order valence-electron chi connectivity index (χ0n) is 25.0. The largest absolute Gasteiger partial charge is 0.497 e. The van der Waals surface area contributed by atoms with Crippen LogP contribution in [0.3, 0.4) is 0 Å². The van der Waals surface area contributed by atoms with Gasteiger partial charge in [0, 0.05) is 0 Å². The number of imidazole rings is 2. The highest BCUT2D eigenvalue weighted by Gasteiger charge is 2.23. The van der Waals surface area contributed by atoms with E-state index in [-0.39, 0.29) is 11.6 Å². The number of hydrogen-bond acceptors (Lipinski definition) is 14. The molecule has 1 unspecified atom stereocenters. The third-order valence-electron chi connectivity index (χ3n) is 6.12. The van der Waals surface area contributed by atoms with Crippen molar-refractivity contribution in [3.8, 4) is 11.5 Å². The maximum atomic E-state index is 12.2. The molecule has 19 nitrogen and oxygen atoms in total. The normalized spacial score (nSPS) is 14.3. The van der Waals surface area contributed by atoms with Crippen LogP contribution in [0.2, 0.25) is 0 Å². The summed E-state index contributed by atoms with van der Waals surface area (Å²) in [5, 5.41) is 0. The summed E-state index contributed by atoms with van der Waals surface area (Å²) >= 11 is 0. The lowest BCUT2D eigenvalue weighted by Crippen LogP contribution is -2.18. The van der Waals surface area contributed by atoms with Gasteiger partial charge >= 0.3 is 15.2 Å². The zero-order valence-corrected chi connectivity index (χ0v) is 26.8. The van der Waals surface area contributed by atoms with Gasteiger partial charge in [-0.15, -0.1) is 0 Å². The van der Waals surface area contributed by atoms with Crippen LogP contribution in [-0.4, -0.2) is 85.7 Å².